The molecule has 0 radical (unpaired) electrons. The van der Waals surface area contributed by atoms with Crippen molar-refractivity contribution in [3.8, 4) is 5.75 Å². The van der Waals surface area contributed by atoms with E-state index in [1.54, 1.807) is 24.3 Å². The predicted molar refractivity (Wildman–Crippen MR) is 115 cm³/mol. The Labute approximate surface area is 184 Å². The first-order chi connectivity index (χ1) is 15.3. The minimum Gasteiger partial charge on any atom is -0.497 e. The molecule has 6 nitrogen and oxygen atoms in total. The lowest BCUT2D eigenvalue weighted by atomic mass is 10.0. The molecule has 0 saturated carbocycles. The van der Waals surface area contributed by atoms with E-state index >= 15 is 0 Å². The summed E-state index contributed by atoms with van der Waals surface area (Å²) in [6.45, 7) is 0.464. The maximum atomic E-state index is 13.9. The molecule has 3 aromatic rings. The smallest absolute Gasteiger partial charge is 0.258 e. The van der Waals surface area contributed by atoms with Crippen molar-refractivity contribution in [3.63, 3.8) is 0 Å². The van der Waals surface area contributed by atoms with E-state index in [0.717, 1.165) is 23.3 Å². The average Bonchev–Trinajstić information content (AvgIpc) is 2.78. The molecule has 3 aromatic carbocycles. The number of rotatable bonds is 5. The Hall–Kier alpha value is -3.30. The van der Waals surface area contributed by atoms with Gasteiger partial charge in [-0.2, -0.15) is 4.31 Å². The fourth-order valence-corrected chi connectivity index (χ4v) is 5.00. The molecule has 166 valence electrons. The van der Waals surface area contributed by atoms with Gasteiger partial charge in [0, 0.05) is 24.8 Å². The van der Waals surface area contributed by atoms with Crippen LogP contribution in [0.1, 0.15) is 21.5 Å². The van der Waals surface area contributed by atoms with Gasteiger partial charge in [-0.25, -0.2) is 17.2 Å². The summed E-state index contributed by atoms with van der Waals surface area (Å²) in [5, 5.41) is 2.58. The number of benzene rings is 3. The number of anilines is 1. The third kappa shape index (κ3) is 4.35. The number of nitrogens with one attached hydrogen (secondary N) is 1. The van der Waals surface area contributed by atoms with E-state index < -0.39 is 27.6 Å². The van der Waals surface area contributed by atoms with Gasteiger partial charge in [-0.1, -0.05) is 6.07 Å². The molecular weight excluding hydrogens is 438 g/mol. The van der Waals surface area contributed by atoms with Gasteiger partial charge in [-0.15, -0.1) is 0 Å². The van der Waals surface area contributed by atoms with E-state index in [1.165, 1.54) is 23.5 Å². The molecular formula is C23H20F2N2O4S. The summed E-state index contributed by atoms with van der Waals surface area (Å²) in [7, 11) is -2.21. The fourth-order valence-electron chi connectivity index (χ4n) is 3.58. The van der Waals surface area contributed by atoms with Crippen LogP contribution in [0, 0.1) is 11.6 Å². The summed E-state index contributed by atoms with van der Waals surface area (Å²) >= 11 is 0. The van der Waals surface area contributed by atoms with Crippen LogP contribution in [0.5, 0.6) is 5.75 Å². The van der Waals surface area contributed by atoms with Crippen LogP contribution in [0.4, 0.5) is 14.5 Å². The molecule has 1 aliphatic heterocycles. The van der Waals surface area contributed by atoms with Crippen LogP contribution in [0.15, 0.2) is 65.6 Å². The summed E-state index contributed by atoms with van der Waals surface area (Å²) in [6, 6.07) is 14.0. The maximum absolute atomic E-state index is 13.9. The number of nitrogens with zero attached hydrogens (tertiary/aromatic N) is 1. The van der Waals surface area contributed by atoms with Gasteiger partial charge < -0.3 is 10.1 Å². The summed E-state index contributed by atoms with van der Waals surface area (Å²) in [4.78, 5) is 12.5. The number of halogens is 2. The van der Waals surface area contributed by atoms with Crippen LogP contribution < -0.4 is 10.1 Å². The van der Waals surface area contributed by atoms with Crippen molar-refractivity contribution in [2.45, 2.75) is 17.9 Å². The minimum atomic E-state index is -3.71. The molecule has 0 aromatic heterocycles. The first kappa shape index (κ1) is 21.9. The lowest BCUT2D eigenvalue weighted by Crippen LogP contribution is -2.36. The third-order valence-corrected chi connectivity index (χ3v) is 7.17. The van der Waals surface area contributed by atoms with Crippen LogP contribution in [-0.2, 0) is 23.0 Å². The Morgan fingerprint density at radius 2 is 1.75 bits per heavy atom. The van der Waals surface area contributed by atoms with Crippen molar-refractivity contribution >= 4 is 21.6 Å². The van der Waals surface area contributed by atoms with Gasteiger partial charge in [-0.05, 0) is 66.1 Å². The Morgan fingerprint density at radius 3 is 2.44 bits per heavy atom. The quantitative estimate of drug-likeness (QED) is 0.628. The van der Waals surface area contributed by atoms with Gasteiger partial charge in [0.2, 0.25) is 10.0 Å². The van der Waals surface area contributed by atoms with E-state index in [2.05, 4.69) is 5.32 Å². The normalized spacial score (nSPS) is 14.0. The van der Waals surface area contributed by atoms with Crippen LogP contribution in [-0.4, -0.2) is 32.3 Å². The molecule has 0 aliphatic carbocycles. The largest absolute Gasteiger partial charge is 0.497 e. The molecule has 0 unspecified atom stereocenters. The second kappa shape index (κ2) is 8.68. The summed E-state index contributed by atoms with van der Waals surface area (Å²) in [6.07, 6.45) is 0.519. The summed E-state index contributed by atoms with van der Waals surface area (Å²) in [5.41, 5.74) is 1.82. The SMILES string of the molecule is COc1ccc(S(=O)(=O)N2CCc3ccc(NC(=O)c4ccc(F)cc4F)cc3C2)cc1. The average molecular weight is 458 g/mol. The van der Waals surface area contributed by atoms with E-state index in [0.29, 0.717) is 30.5 Å². The zero-order valence-corrected chi connectivity index (χ0v) is 18.0. The van der Waals surface area contributed by atoms with Crippen molar-refractivity contribution in [2.75, 3.05) is 19.0 Å². The van der Waals surface area contributed by atoms with Crippen molar-refractivity contribution in [1.82, 2.24) is 4.31 Å². The number of sulfonamides is 1. The second-order valence-electron chi connectivity index (χ2n) is 7.33. The molecule has 1 heterocycles. The van der Waals surface area contributed by atoms with Gasteiger partial charge in [-0.3, -0.25) is 4.79 Å². The van der Waals surface area contributed by atoms with Gasteiger partial charge >= 0.3 is 0 Å². The number of hydrogen-bond donors (Lipinski definition) is 1. The number of methoxy groups -OCH3 is 1. The highest BCUT2D eigenvalue weighted by molar-refractivity contribution is 7.89. The van der Waals surface area contributed by atoms with Gasteiger partial charge in [0.25, 0.3) is 5.91 Å². The Kier molecular flexibility index (Phi) is 5.94. The minimum absolute atomic E-state index is 0.137. The van der Waals surface area contributed by atoms with Crippen LogP contribution in [0.25, 0.3) is 0 Å². The number of carbonyl (C=O) groups is 1. The summed E-state index contributed by atoms with van der Waals surface area (Å²) in [5.74, 6) is -1.89. The first-order valence-electron chi connectivity index (χ1n) is 9.80. The van der Waals surface area contributed by atoms with E-state index in [-0.39, 0.29) is 17.0 Å². The number of hydrogen-bond acceptors (Lipinski definition) is 4. The number of carbonyl (C=O) groups excluding carboxylic acids is 1. The number of ether oxygens (including phenoxy) is 1. The molecule has 0 spiro atoms. The van der Waals surface area contributed by atoms with Gasteiger partial charge in [0.05, 0.1) is 17.6 Å². The zero-order chi connectivity index (χ0) is 22.9. The maximum Gasteiger partial charge on any atom is 0.258 e. The van der Waals surface area contributed by atoms with Crippen LogP contribution >= 0.6 is 0 Å². The Balaban J connectivity index is 1.54. The van der Waals surface area contributed by atoms with Gasteiger partial charge in [0.15, 0.2) is 0 Å². The van der Waals surface area contributed by atoms with E-state index in [9.17, 15) is 22.0 Å². The first-order valence-corrected chi connectivity index (χ1v) is 11.2. The highest BCUT2D eigenvalue weighted by Gasteiger charge is 2.28. The zero-order valence-electron chi connectivity index (χ0n) is 17.1. The van der Waals surface area contributed by atoms with Gasteiger partial charge in [0.1, 0.15) is 17.4 Å². The molecule has 1 amide bonds. The number of amides is 1. The number of fused-ring (bicyclic) bond motifs is 1. The molecule has 4 rings (SSSR count). The molecule has 9 heteroatoms. The topological polar surface area (TPSA) is 75.7 Å². The van der Waals surface area contributed by atoms with Crippen molar-refractivity contribution in [1.29, 1.82) is 0 Å². The second-order valence-corrected chi connectivity index (χ2v) is 9.26. The molecule has 0 bridgehead atoms. The van der Waals surface area contributed by atoms with Crippen LogP contribution in [0.3, 0.4) is 0 Å². The fraction of sp³-hybridized carbons (Fsp3) is 0.174. The molecule has 1 N–H and O–H groups in total. The van der Waals surface area contributed by atoms with Crippen molar-refractivity contribution in [3.05, 3.63) is 89.0 Å². The van der Waals surface area contributed by atoms with E-state index in [1.807, 2.05) is 6.07 Å². The molecule has 0 atom stereocenters. The molecule has 32 heavy (non-hydrogen) atoms. The predicted octanol–water partition coefficient (Wildman–Crippen LogP) is 3.97. The highest BCUT2D eigenvalue weighted by Crippen LogP contribution is 2.28. The van der Waals surface area contributed by atoms with E-state index in [4.69, 9.17) is 4.74 Å². The highest BCUT2D eigenvalue weighted by atomic mass is 32.2. The molecule has 0 saturated heterocycles. The third-order valence-electron chi connectivity index (χ3n) is 5.31. The lowest BCUT2D eigenvalue weighted by Gasteiger charge is -2.28. The molecule has 0 fully saturated rings. The Morgan fingerprint density at radius 1 is 1.00 bits per heavy atom. The lowest BCUT2D eigenvalue weighted by molar-refractivity contribution is 0.102. The van der Waals surface area contributed by atoms with Crippen molar-refractivity contribution in [2.24, 2.45) is 0 Å². The monoisotopic (exact) mass is 458 g/mol. The van der Waals surface area contributed by atoms with Crippen molar-refractivity contribution < 1.29 is 26.7 Å². The standard InChI is InChI=1S/C23H20F2N2O4S/c1-31-19-5-7-20(8-6-19)32(29,30)27-11-10-15-2-4-18(12-16(15)14-27)26-23(28)21-9-3-17(24)13-22(21)25/h2-9,12-13H,10-11,14H2,1H3,(H,26,28). The molecule has 1 aliphatic rings. The Bertz CT molecular complexity index is 1280. The summed E-state index contributed by atoms with van der Waals surface area (Å²) < 4.78 is 59.5. The van der Waals surface area contributed by atoms with Crippen LogP contribution in [0.2, 0.25) is 0 Å².